The minimum absolute atomic E-state index is 0.0273. The Morgan fingerprint density at radius 2 is 1.72 bits per heavy atom. The molecule has 0 atom stereocenters. The van der Waals surface area contributed by atoms with Gasteiger partial charge in [-0.15, -0.1) is 0 Å². The van der Waals surface area contributed by atoms with Crippen molar-refractivity contribution in [1.29, 1.82) is 5.41 Å². The summed E-state index contributed by atoms with van der Waals surface area (Å²) in [5, 5.41) is 38.5. The zero-order valence-electron chi connectivity index (χ0n) is 18.8. The number of amidine groups is 1. The molecule has 0 radical (unpaired) electrons. The van der Waals surface area contributed by atoms with Crippen LogP contribution in [-0.4, -0.2) is 45.2 Å². The van der Waals surface area contributed by atoms with Crippen molar-refractivity contribution in [3.63, 3.8) is 0 Å². The number of nitrogen functional groups attached to an aromatic ring is 1. The number of benzene rings is 3. The first kappa shape index (κ1) is 24.0. The number of phenols is 1. The maximum absolute atomic E-state index is 14.2. The third-order valence-electron chi connectivity index (χ3n) is 5.59. The second-order valence-corrected chi connectivity index (χ2v) is 7.86. The van der Waals surface area contributed by atoms with Gasteiger partial charge in [0.05, 0.1) is 18.4 Å². The lowest BCUT2D eigenvalue weighted by atomic mass is 9.93. The summed E-state index contributed by atoms with van der Waals surface area (Å²) in [6, 6.07) is 12.9. The number of nitrogens with two attached hydrogens (primary N) is 1. The van der Waals surface area contributed by atoms with E-state index in [9.17, 15) is 29.3 Å². The van der Waals surface area contributed by atoms with Gasteiger partial charge in [-0.3, -0.25) is 5.41 Å². The van der Waals surface area contributed by atoms with Gasteiger partial charge in [-0.2, -0.15) is 0 Å². The van der Waals surface area contributed by atoms with E-state index < -0.39 is 23.3 Å². The fourth-order valence-corrected chi connectivity index (χ4v) is 3.93. The van der Waals surface area contributed by atoms with Gasteiger partial charge in [-0.25, -0.2) is 14.0 Å². The van der Waals surface area contributed by atoms with E-state index in [-0.39, 0.29) is 39.6 Å². The normalized spacial score (nSPS) is 11.4. The van der Waals surface area contributed by atoms with E-state index in [0.717, 1.165) is 6.07 Å². The van der Waals surface area contributed by atoms with E-state index in [1.54, 1.807) is 24.3 Å². The topological polar surface area (TPSA) is 170 Å². The quantitative estimate of drug-likeness (QED) is 0.128. The zero-order chi connectivity index (χ0) is 26.1. The fourth-order valence-electron chi connectivity index (χ4n) is 3.93. The number of rotatable bonds is 7. The number of aromatic hydroxyl groups is 1. The van der Waals surface area contributed by atoms with Gasteiger partial charge >= 0.3 is 11.9 Å². The van der Waals surface area contributed by atoms with E-state index >= 15 is 0 Å². The smallest absolute Gasteiger partial charge is 0.336 e. The third-order valence-corrected chi connectivity index (χ3v) is 5.59. The Morgan fingerprint density at radius 1 is 1.00 bits per heavy atom. The molecule has 1 aromatic heterocycles. The van der Waals surface area contributed by atoms with Crippen LogP contribution < -0.4 is 10.5 Å². The zero-order valence-corrected chi connectivity index (χ0v) is 18.8. The molecular weight excluding hydrogens is 469 g/mol. The van der Waals surface area contributed by atoms with E-state index in [2.05, 4.69) is 4.98 Å². The number of aromatic amines is 1. The predicted molar refractivity (Wildman–Crippen MR) is 132 cm³/mol. The molecule has 0 aliphatic rings. The highest BCUT2D eigenvalue weighted by Gasteiger charge is 2.22. The van der Waals surface area contributed by atoms with Crippen molar-refractivity contribution in [2.75, 3.05) is 7.11 Å². The molecule has 36 heavy (non-hydrogen) atoms. The van der Waals surface area contributed by atoms with Crippen molar-refractivity contribution < 1.29 is 34.0 Å². The van der Waals surface area contributed by atoms with Crippen LogP contribution in [0.5, 0.6) is 11.5 Å². The van der Waals surface area contributed by atoms with E-state index in [1.807, 2.05) is 0 Å². The number of ether oxygens (including phenoxy) is 1. The number of aliphatic carboxylic acids is 2. The monoisotopic (exact) mass is 489 g/mol. The van der Waals surface area contributed by atoms with Gasteiger partial charge in [-0.05, 0) is 60.2 Å². The summed E-state index contributed by atoms with van der Waals surface area (Å²) in [5.41, 5.74) is 6.76. The Labute approximate surface area is 203 Å². The van der Waals surface area contributed by atoms with E-state index in [1.165, 1.54) is 31.4 Å². The second kappa shape index (κ2) is 9.26. The van der Waals surface area contributed by atoms with Crippen LogP contribution in [0.1, 0.15) is 11.1 Å². The number of halogens is 1. The summed E-state index contributed by atoms with van der Waals surface area (Å²) in [7, 11) is 1.36. The van der Waals surface area contributed by atoms with Crippen LogP contribution >= 0.6 is 0 Å². The van der Waals surface area contributed by atoms with Crippen molar-refractivity contribution in [2.45, 2.75) is 0 Å². The molecule has 4 aromatic rings. The standard InChI is InChI=1S/C26H20FN3O6/c1-36-22-5-3-15(27)10-17(22)18-7-13(16(26(34)35)11-23(31)32)8-19(24(18)33)21-9-14-6-12(25(28)29)2-4-20(14)30-21/h2-11,30,33H,1H3,(H3,28,29)(H,31,32)(H,34,35). The van der Waals surface area contributed by atoms with Crippen LogP contribution in [0, 0.1) is 11.2 Å². The maximum atomic E-state index is 14.2. The molecule has 7 N–H and O–H groups in total. The number of carboxylic acids is 2. The maximum Gasteiger partial charge on any atom is 0.336 e. The summed E-state index contributed by atoms with van der Waals surface area (Å²) in [6.07, 6.45) is 0.537. The number of phenolic OH excluding ortho intramolecular Hbond substituents is 1. The molecule has 0 amide bonds. The molecule has 0 aliphatic carbocycles. The van der Waals surface area contributed by atoms with Crippen molar-refractivity contribution >= 4 is 34.3 Å². The van der Waals surface area contributed by atoms with Gasteiger partial charge in [0.1, 0.15) is 23.2 Å². The number of carbonyl (C=O) groups is 2. The number of H-pyrrole nitrogens is 1. The van der Waals surface area contributed by atoms with Gasteiger partial charge in [0, 0.05) is 39.2 Å². The van der Waals surface area contributed by atoms with Gasteiger partial charge in [0.2, 0.25) is 0 Å². The lowest BCUT2D eigenvalue weighted by molar-refractivity contribution is -0.133. The molecule has 1 heterocycles. The number of hydrogen-bond donors (Lipinski definition) is 6. The Bertz CT molecular complexity index is 1590. The number of hydrogen-bond acceptors (Lipinski definition) is 5. The van der Waals surface area contributed by atoms with Crippen LogP contribution in [0.2, 0.25) is 0 Å². The number of methoxy groups -OCH3 is 1. The predicted octanol–water partition coefficient (Wildman–Crippen LogP) is 4.19. The van der Waals surface area contributed by atoms with Crippen molar-refractivity contribution in [2.24, 2.45) is 5.73 Å². The van der Waals surface area contributed by atoms with Crippen LogP contribution in [0.3, 0.4) is 0 Å². The molecule has 0 aliphatic heterocycles. The summed E-state index contributed by atoms with van der Waals surface area (Å²) >= 11 is 0. The van der Waals surface area contributed by atoms with Gasteiger partial charge in [0.15, 0.2) is 0 Å². The molecule has 0 fully saturated rings. The molecule has 0 spiro atoms. The van der Waals surface area contributed by atoms with Crippen LogP contribution in [0.25, 0.3) is 38.9 Å². The summed E-state index contributed by atoms with van der Waals surface area (Å²) in [4.78, 5) is 26.4. The highest BCUT2D eigenvalue weighted by molar-refractivity contribution is 6.20. The number of carboxylic acid groups (broad SMARTS) is 2. The van der Waals surface area contributed by atoms with Crippen molar-refractivity contribution in [3.05, 3.63) is 77.6 Å². The Morgan fingerprint density at radius 3 is 2.36 bits per heavy atom. The minimum Gasteiger partial charge on any atom is -0.507 e. The molecule has 0 saturated carbocycles. The third kappa shape index (κ3) is 4.47. The Kier molecular flexibility index (Phi) is 6.18. The SMILES string of the molecule is COc1ccc(F)cc1-c1cc(C(=CC(=O)O)C(=O)O)cc(-c2cc3cc(C(=N)N)ccc3[nH]2)c1O. The van der Waals surface area contributed by atoms with Crippen LogP contribution in [0.4, 0.5) is 4.39 Å². The number of fused-ring (bicyclic) bond motifs is 1. The molecule has 9 nitrogen and oxygen atoms in total. The first-order valence-corrected chi connectivity index (χ1v) is 10.5. The molecule has 4 rings (SSSR count). The number of nitrogens with one attached hydrogen (secondary N) is 2. The summed E-state index contributed by atoms with van der Waals surface area (Å²) in [6.45, 7) is 0. The lowest BCUT2D eigenvalue weighted by Crippen LogP contribution is -2.10. The van der Waals surface area contributed by atoms with Crippen LogP contribution in [-0.2, 0) is 9.59 Å². The lowest BCUT2D eigenvalue weighted by Gasteiger charge is -2.15. The molecule has 182 valence electrons. The molecule has 0 saturated heterocycles. The van der Waals surface area contributed by atoms with Gasteiger partial charge in [0.25, 0.3) is 0 Å². The second-order valence-electron chi connectivity index (χ2n) is 7.86. The highest BCUT2D eigenvalue weighted by atomic mass is 19.1. The van der Waals surface area contributed by atoms with E-state index in [0.29, 0.717) is 28.2 Å². The molecular formula is C26H20FN3O6. The average molecular weight is 489 g/mol. The highest BCUT2D eigenvalue weighted by Crippen LogP contribution is 2.44. The Hall–Kier alpha value is -5.12. The molecule has 10 heteroatoms. The average Bonchev–Trinajstić information content (AvgIpc) is 3.25. The first-order valence-electron chi connectivity index (χ1n) is 10.5. The van der Waals surface area contributed by atoms with Crippen molar-refractivity contribution in [3.8, 4) is 33.9 Å². The Balaban J connectivity index is 2.05. The van der Waals surface area contributed by atoms with Gasteiger partial charge in [-0.1, -0.05) is 0 Å². The molecule has 3 aromatic carbocycles. The molecule has 0 bridgehead atoms. The van der Waals surface area contributed by atoms with Crippen LogP contribution in [0.15, 0.2) is 60.7 Å². The molecule has 0 unspecified atom stereocenters. The summed E-state index contributed by atoms with van der Waals surface area (Å²) in [5.74, 6) is -3.85. The van der Waals surface area contributed by atoms with Gasteiger partial charge < -0.3 is 30.8 Å². The first-order chi connectivity index (χ1) is 17.1. The summed E-state index contributed by atoms with van der Waals surface area (Å²) < 4.78 is 19.5. The van der Waals surface area contributed by atoms with E-state index in [4.69, 9.17) is 15.9 Å². The largest absolute Gasteiger partial charge is 0.507 e. The minimum atomic E-state index is -1.51. The van der Waals surface area contributed by atoms with Crippen molar-refractivity contribution in [1.82, 2.24) is 4.98 Å². The fraction of sp³-hybridized carbons (Fsp3) is 0.0385. The number of aromatic nitrogens is 1.